The summed E-state index contributed by atoms with van der Waals surface area (Å²) < 4.78 is 5.29. The maximum atomic E-state index is 5.29. The monoisotopic (exact) mass is 275 g/mol. The minimum Gasteiger partial charge on any atom is -0.497 e. The molecule has 20 heavy (non-hydrogen) atoms. The summed E-state index contributed by atoms with van der Waals surface area (Å²) in [6, 6.07) is 8.87. The third kappa shape index (κ3) is 4.16. The summed E-state index contributed by atoms with van der Waals surface area (Å²) in [6.45, 7) is 7.15. The second-order valence-electron chi connectivity index (χ2n) is 7.14. The number of ether oxygens (including phenoxy) is 1. The highest BCUT2D eigenvalue weighted by Crippen LogP contribution is 2.37. The van der Waals surface area contributed by atoms with Crippen LogP contribution in [-0.2, 0) is 0 Å². The van der Waals surface area contributed by atoms with E-state index >= 15 is 0 Å². The van der Waals surface area contributed by atoms with Gasteiger partial charge in [-0.1, -0.05) is 33.3 Å². The lowest BCUT2D eigenvalue weighted by Crippen LogP contribution is -2.21. The van der Waals surface area contributed by atoms with Crippen molar-refractivity contribution in [1.29, 1.82) is 0 Å². The predicted molar refractivity (Wildman–Crippen MR) is 86.4 cm³/mol. The van der Waals surface area contributed by atoms with Gasteiger partial charge in [-0.3, -0.25) is 0 Å². The van der Waals surface area contributed by atoms with E-state index in [1.54, 1.807) is 7.11 Å². The van der Waals surface area contributed by atoms with E-state index in [2.05, 4.69) is 44.3 Å². The SMILES string of the molecule is COc1cccc(NC2CCCC(C(C)(C)C)CC2)c1. The van der Waals surface area contributed by atoms with Crippen LogP contribution in [0.1, 0.15) is 52.9 Å². The molecule has 0 bridgehead atoms. The summed E-state index contributed by atoms with van der Waals surface area (Å²) in [6.07, 6.45) is 6.61. The first-order valence-electron chi connectivity index (χ1n) is 7.89. The van der Waals surface area contributed by atoms with Gasteiger partial charge in [-0.25, -0.2) is 0 Å². The fourth-order valence-electron chi connectivity index (χ4n) is 3.26. The third-order valence-corrected chi connectivity index (χ3v) is 4.63. The molecule has 1 aliphatic rings. The van der Waals surface area contributed by atoms with Gasteiger partial charge < -0.3 is 10.1 Å². The molecule has 0 heterocycles. The summed E-state index contributed by atoms with van der Waals surface area (Å²) in [5, 5.41) is 3.69. The predicted octanol–water partition coefficient (Wildman–Crippen LogP) is 5.10. The van der Waals surface area contributed by atoms with Crippen LogP contribution in [0.3, 0.4) is 0 Å². The van der Waals surface area contributed by atoms with E-state index in [0.29, 0.717) is 11.5 Å². The molecular weight excluding hydrogens is 246 g/mol. The molecule has 2 unspecified atom stereocenters. The van der Waals surface area contributed by atoms with Gasteiger partial charge in [0.2, 0.25) is 0 Å². The molecule has 1 aromatic rings. The van der Waals surface area contributed by atoms with Crippen LogP contribution in [-0.4, -0.2) is 13.2 Å². The molecule has 2 heteroatoms. The number of methoxy groups -OCH3 is 1. The van der Waals surface area contributed by atoms with E-state index in [-0.39, 0.29) is 0 Å². The Morgan fingerprint density at radius 2 is 1.90 bits per heavy atom. The van der Waals surface area contributed by atoms with E-state index in [9.17, 15) is 0 Å². The second kappa shape index (κ2) is 6.51. The molecule has 112 valence electrons. The highest BCUT2D eigenvalue weighted by atomic mass is 16.5. The molecule has 0 amide bonds. The maximum Gasteiger partial charge on any atom is 0.120 e. The normalized spacial score (nSPS) is 24.0. The lowest BCUT2D eigenvalue weighted by Gasteiger charge is -2.29. The van der Waals surface area contributed by atoms with Crippen LogP contribution >= 0.6 is 0 Å². The zero-order chi connectivity index (χ0) is 14.6. The standard InChI is InChI=1S/C18H29NO/c1-18(2,3)14-7-5-8-15(12-11-14)19-16-9-6-10-17(13-16)20-4/h6,9-10,13-15,19H,5,7-8,11-12H2,1-4H3. The Morgan fingerprint density at radius 1 is 1.10 bits per heavy atom. The number of hydrogen-bond acceptors (Lipinski definition) is 2. The van der Waals surface area contributed by atoms with Crippen molar-refractivity contribution in [2.24, 2.45) is 11.3 Å². The third-order valence-electron chi connectivity index (χ3n) is 4.63. The van der Waals surface area contributed by atoms with Gasteiger partial charge >= 0.3 is 0 Å². The Hall–Kier alpha value is -1.18. The summed E-state index contributed by atoms with van der Waals surface area (Å²) in [5.41, 5.74) is 1.63. The average Bonchev–Trinajstić information content (AvgIpc) is 2.64. The highest BCUT2D eigenvalue weighted by Gasteiger charge is 2.27. The van der Waals surface area contributed by atoms with Crippen LogP contribution in [0.5, 0.6) is 5.75 Å². The van der Waals surface area contributed by atoms with Gasteiger partial charge in [0.15, 0.2) is 0 Å². The van der Waals surface area contributed by atoms with Crippen LogP contribution in [0.15, 0.2) is 24.3 Å². The largest absolute Gasteiger partial charge is 0.497 e. The van der Waals surface area contributed by atoms with Crippen molar-refractivity contribution in [3.8, 4) is 5.75 Å². The van der Waals surface area contributed by atoms with Gasteiger partial charge in [-0.15, -0.1) is 0 Å². The summed E-state index contributed by atoms with van der Waals surface area (Å²) in [7, 11) is 1.72. The number of benzene rings is 1. The van der Waals surface area contributed by atoms with E-state index in [4.69, 9.17) is 4.74 Å². The molecular formula is C18H29NO. The second-order valence-corrected chi connectivity index (χ2v) is 7.14. The first-order chi connectivity index (χ1) is 9.49. The number of anilines is 1. The zero-order valence-corrected chi connectivity index (χ0v) is 13.4. The Labute approximate surface area is 123 Å². The van der Waals surface area contributed by atoms with Crippen molar-refractivity contribution >= 4 is 5.69 Å². The van der Waals surface area contributed by atoms with Gasteiger partial charge in [0.25, 0.3) is 0 Å². The summed E-state index contributed by atoms with van der Waals surface area (Å²) in [5.74, 6) is 1.79. The van der Waals surface area contributed by atoms with E-state index in [1.807, 2.05) is 6.07 Å². The first kappa shape index (κ1) is 15.2. The van der Waals surface area contributed by atoms with Crippen molar-refractivity contribution in [3.63, 3.8) is 0 Å². The van der Waals surface area contributed by atoms with Crippen molar-refractivity contribution in [2.45, 2.75) is 58.9 Å². The first-order valence-corrected chi connectivity index (χ1v) is 7.89. The molecule has 2 atom stereocenters. The quantitative estimate of drug-likeness (QED) is 0.775. The molecule has 2 nitrogen and oxygen atoms in total. The highest BCUT2D eigenvalue weighted by molar-refractivity contribution is 5.48. The van der Waals surface area contributed by atoms with Crippen molar-refractivity contribution in [1.82, 2.24) is 0 Å². The van der Waals surface area contributed by atoms with Crippen LogP contribution < -0.4 is 10.1 Å². The van der Waals surface area contributed by atoms with Crippen LogP contribution in [0.2, 0.25) is 0 Å². The van der Waals surface area contributed by atoms with Crippen LogP contribution in [0.4, 0.5) is 5.69 Å². The van der Waals surface area contributed by atoms with Crippen molar-refractivity contribution in [3.05, 3.63) is 24.3 Å². The molecule has 0 aromatic heterocycles. The maximum absolute atomic E-state index is 5.29. The molecule has 0 aliphatic heterocycles. The minimum absolute atomic E-state index is 0.449. The van der Waals surface area contributed by atoms with E-state index in [1.165, 1.54) is 37.8 Å². The number of nitrogens with one attached hydrogen (secondary N) is 1. The molecule has 1 aliphatic carbocycles. The Morgan fingerprint density at radius 3 is 2.60 bits per heavy atom. The lowest BCUT2D eigenvalue weighted by molar-refractivity contribution is 0.214. The Kier molecular flexibility index (Phi) is 4.95. The van der Waals surface area contributed by atoms with Gasteiger partial charge in [0.1, 0.15) is 5.75 Å². The topological polar surface area (TPSA) is 21.3 Å². The summed E-state index contributed by atoms with van der Waals surface area (Å²) >= 11 is 0. The lowest BCUT2D eigenvalue weighted by atomic mass is 9.76. The molecule has 0 radical (unpaired) electrons. The van der Waals surface area contributed by atoms with E-state index in [0.717, 1.165) is 11.7 Å². The van der Waals surface area contributed by atoms with E-state index < -0.39 is 0 Å². The molecule has 2 rings (SSSR count). The Bertz CT molecular complexity index is 422. The van der Waals surface area contributed by atoms with Gasteiger partial charge in [-0.2, -0.15) is 0 Å². The molecule has 1 N–H and O–H groups in total. The molecule has 0 spiro atoms. The summed E-state index contributed by atoms with van der Waals surface area (Å²) in [4.78, 5) is 0. The molecule has 1 saturated carbocycles. The van der Waals surface area contributed by atoms with Crippen LogP contribution in [0.25, 0.3) is 0 Å². The smallest absolute Gasteiger partial charge is 0.120 e. The minimum atomic E-state index is 0.449. The van der Waals surface area contributed by atoms with Gasteiger partial charge in [-0.05, 0) is 49.1 Å². The van der Waals surface area contributed by atoms with Crippen LogP contribution in [0, 0.1) is 11.3 Å². The molecule has 0 saturated heterocycles. The zero-order valence-electron chi connectivity index (χ0n) is 13.4. The molecule has 1 fully saturated rings. The van der Waals surface area contributed by atoms with Crippen molar-refractivity contribution in [2.75, 3.05) is 12.4 Å². The fourth-order valence-corrected chi connectivity index (χ4v) is 3.26. The number of rotatable bonds is 3. The Balaban J connectivity index is 1.94. The number of hydrogen-bond donors (Lipinski definition) is 1. The van der Waals surface area contributed by atoms with Gasteiger partial charge in [0, 0.05) is 17.8 Å². The fraction of sp³-hybridized carbons (Fsp3) is 0.667. The van der Waals surface area contributed by atoms with Gasteiger partial charge in [0.05, 0.1) is 7.11 Å². The van der Waals surface area contributed by atoms with Crippen molar-refractivity contribution < 1.29 is 4.74 Å². The average molecular weight is 275 g/mol. The molecule has 1 aromatic carbocycles.